The summed E-state index contributed by atoms with van der Waals surface area (Å²) in [6, 6.07) is 4.95. The van der Waals surface area contributed by atoms with Gasteiger partial charge in [-0.2, -0.15) is 0 Å². The van der Waals surface area contributed by atoms with Crippen LogP contribution in [0.5, 0.6) is 0 Å². The first-order chi connectivity index (χ1) is 10.2. The van der Waals surface area contributed by atoms with Gasteiger partial charge in [-0.25, -0.2) is 4.98 Å². The smallest absolute Gasteiger partial charge is 0.234 e. The molecule has 0 spiro atoms. The van der Waals surface area contributed by atoms with Crippen LogP contribution >= 0.6 is 46.3 Å². The Kier molecular flexibility index (Phi) is 5.77. The van der Waals surface area contributed by atoms with Crippen LogP contribution in [0.25, 0.3) is 0 Å². The van der Waals surface area contributed by atoms with Crippen molar-refractivity contribution in [2.45, 2.75) is 30.5 Å². The molecule has 0 saturated carbocycles. The molecule has 1 aromatic carbocycles. The average molecular weight is 375 g/mol. The molecule has 2 aromatic rings. The zero-order valence-electron chi connectivity index (χ0n) is 12.4. The van der Waals surface area contributed by atoms with Crippen LogP contribution in [0, 0.1) is 0 Å². The maximum absolute atomic E-state index is 12.0. The number of anilines is 1. The molecule has 0 unspecified atom stereocenters. The number of thiazole rings is 1. The van der Waals surface area contributed by atoms with Gasteiger partial charge in [-0.1, -0.05) is 55.7 Å². The van der Waals surface area contributed by atoms with Crippen LogP contribution in [-0.2, 0) is 10.2 Å². The van der Waals surface area contributed by atoms with Crippen LogP contribution < -0.4 is 5.32 Å². The summed E-state index contributed by atoms with van der Waals surface area (Å²) in [5.74, 6) is 0.178. The SMILES string of the molecule is CC(C)(C)c1csc(SCC(=O)Nc2cc(Cl)cc(Cl)c2)n1. The lowest BCUT2D eigenvalue weighted by Gasteiger charge is -2.14. The molecule has 0 aliphatic heterocycles. The minimum Gasteiger partial charge on any atom is -0.325 e. The van der Waals surface area contributed by atoms with E-state index >= 15 is 0 Å². The topological polar surface area (TPSA) is 42.0 Å². The van der Waals surface area contributed by atoms with Crippen molar-refractivity contribution in [1.82, 2.24) is 4.98 Å². The van der Waals surface area contributed by atoms with Crippen molar-refractivity contribution in [3.8, 4) is 0 Å². The number of hydrogen-bond acceptors (Lipinski definition) is 4. The van der Waals surface area contributed by atoms with E-state index in [1.54, 1.807) is 29.5 Å². The second-order valence-electron chi connectivity index (χ2n) is 5.74. The van der Waals surface area contributed by atoms with Crippen molar-refractivity contribution in [3.63, 3.8) is 0 Å². The summed E-state index contributed by atoms with van der Waals surface area (Å²) in [5.41, 5.74) is 1.66. The lowest BCUT2D eigenvalue weighted by atomic mass is 9.93. The largest absolute Gasteiger partial charge is 0.325 e. The van der Waals surface area contributed by atoms with Crippen molar-refractivity contribution in [2.75, 3.05) is 11.1 Å². The summed E-state index contributed by atoms with van der Waals surface area (Å²) in [6.07, 6.45) is 0. The number of carbonyl (C=O) groups excluding carboxylic acids is 1. The minimum atomic E-state index is -0.115. The van der Waals surface area contributed by atoms with Crippen molar-refractivity contribution < 1.29 is 4.79 Å². The fourth-order valence-corrected chi connectivity index (χ4v) is 4.00. The summed E-state index contributed by atoms with van der Waals surface area (Å²) in [7, 11) is 0. The van der Waals surface area contributed by atoms with Crippen LogP contribution in [0.4, 0.5) is 5.69 Å². The van der Waals surface area contributed by atoms with Crippen molar-refractivity contribution in [2.24, 2.45) is 0 Å². The first kappa shape index (κ1) is 17.6. The van der Waals surface area contributed by atoms with Gasteiger partial charge in [0.25, 0.3) is 0 Å². The predicted molar refractivity (Wildman–Crippen MR) is 96.6 cm³/mol. The molecule has 0 aliphatic carbocycles. The fourth-order valence-electron chi connectivity index (χ4n) is 1.62. The van der Waals surface area contributed by atoms with E-state index in [-0.39, 0.29) is 11.3 Å². The molecular formula is C15H16Cl2N2OS2. The van der Waals surface area contributed by atoms with Crippen molar-refractivity contribution >= 4 is 57.9 Å². The molecule has 1 aromatic heterocycles. The second-order valence-corrected chi connectivity index (χ2v) is 8.70. The number of nitrogens with one attached hydrogen (secondary N) is 1. The summed E-state index contributed by atoms with van der Waals surface area (Å²) in [6.45, 7) is 6.35. The van der Waals surface area contributed by atoms with Crippen molar-refractivity contribution in [1.29, 1.82) is 0 Å². The predicted octanol–water partition coefficient (Wildman–Crippen LogP) is 5.48. The van der Waals surface area contributed by atoms with Gasteiger partial charge in [0.1, 0.15) is 0 Å². The quantitative estimate of drug-likeness (QED) is 0.720. The molecular weight excluding hydrogens is 359 g/mol. The number of aromatic nitrogens is 1. The molecule has 118 valence electrons. The lowest BCUT2D eigenvalue weighted by molar-refractivity contribution is -0.113. The van der Waals surface area contributed by atoms with Crippen LogP contribution in [0.15, 0.2) is 27.9 Å². The molecule has 0 aliphatic rings. The Bertz CT molecular complexity index is 660. The highest BCUT2D eigenvalue weighted by molar-refractivity contribution is 8.01. The van der Waals surface area contributed by atoms with Crippen LogP contribution in [0.2, 0.25) is 10.0 Å². The average Bonchev–Trinajstić information content (AvgIpc) is 2.83. The van der Waals surface area contributed by atoms with E-state index < -0.39 is 0 Å². The Morgan fingerprint density at radius 3 is 2.45 bits per heavy atom. The Balaban J connectivity index is 1.91. The zero-order valence-corrected chi connectivity index (χ0v) is 15.6. The molecule has 1 amide bonds. The van der Waals surface area contributed by atoms with E-state index in [4.69, 9.17) is 23.2 Å². The fraction of sp³-hybridized carbons (Fsp3) is 0.333. The number of thioether (sulfide) groups is 1. The Labute approximate surface area is 148 Å². The van der Waals surface area contributed by atoms with Gasteiger partial charge in [-0.05, 0) is 18.2 Å². The van der Waals surface area contributed by atoms with E-state index in [1.165, 1.54) is 11.8 Å². The highest BCUT2D eigenvalue weighted by Gasteiger charge is 2.18. The molecule has 0 saturated heterocycles. The van der Waals surface area contributed by atoms with Gasteiger partial charge >= 0.3 is 0 Å². The number of halogens is 2. The van der Waals surface area contributed by atoms with Crippen LogP contribution in [0.1, 0.15) is 26.5 Å². The standard InChI is InChI=1S/C15H16Cl2N2OS2/c1-15(2,3)12-7-21-14(19-12)22-8-13(20)18-11-5-9(16)4-10(17)6-11/h4-7H,8H2,1-3H3,(H,18,20). The second kappa shape index (κ2) is 7.21. The molecule has 22 heavy (non-hydrogen) atoms. The van der Waals surface area contributed by atoms with Gasteiger partial charge in [0.15, 0.2) is 4.34 Å². The molecule has 2 rings (SSSR count). The monoisotopic (exact) mass is 374 g/mol. The van der Waals surface area contributed by atoms with E-state index in [0.717, 1.165) is 10.0 Å². The maximum Gasteiger partial charge on any atom is 0.234 e. The molecule has 1 heterocycles. The molecule has 3 nitrogen and oxygen atoms in total. The normalized spacial score (nSPS) is 11.5. The van der Waals surface area contributed by atoms with Gasteiger partial charge in [0, 0.05) is 26.5 Å². The number of carbonyl (C=O) groups is 1. The third kappa shape index (κ3) is 5.16. The van der Waals surface area contributed by atoms with Crippen LogP contribution in [-0.4, -0.2) is 16.6 Å². The number of amides is 1. The maximum atomic E-state index is 12.0. The summed E-state index contributed by atoms with van der Waals surface area (Å²) in [5, 5.41) is 5.80. The summed E-state index contributed by atoms with van der Waals surface area (Å²) in [4.78, 5) is 16.5. The number of hydrogen-bond donors (Lipinski definition) is 1. The van der Waals surface area contributed by atoms with E-state index in [0.29, 0.717) is 21.5 Å². The van der Waals surface area contributed by atoms with Gasteiger partial charge < -0.3 is 5.32 Å². The number of rotatable bonds is 4. The van der Waals surface area contributed by atoms with Crippen LogP contribution in [0.3, 0.4) is 0 Å². The molecule has 0 bridgehead atoms. The molecule has 1 N–H and O–H groups in total. The Morgan fingerprint density at radius 2 is 1.91 bits per heavy atom. The Morgan fingerprint density at radius 1 is 1.27 bits per heavy atom. The highest BCUT2D eigenvalue weighted by atomic mass is 35.5. The highest BCUT2D eigenvalue weighted by Crippen LogP contribution is 2.29. The molecule has 7 heteroatoms. The van der Waals surface area contributed by atoms with Gasteiger partial charge in [-0.15, -0.1) is 11.3 Å². The molecule has 0 radical (unpaired) electrons. The summed E-state index contributed by atoms with van der Waals surface area (Å²) >= 11 is 14.8. The van der Waals surface area contributed by atoms with E-state index in [9.17, 15) is 4.79 Å². The van der Waals surface area contributed by atoms with E-state index in [2.05, 4.69) is 31.1 Å². The first-order valence-corrected chi connectivity index (χ1v) is 9.21. The third-order valence-corrected chi connectivity index (χ3v) is 5.18. The number of benzene rings is 1. The summed E-state index contributed by atoms with van der Waals surface area (Å²) < 4.78 is 0.893. The van der Waals surface area contributed by atoms with Gasteiger partial charge in [0.2, 0.25) is 5.91 Å². The van der Waals surface area contributed by atoms with Gasteiger partial charge in [-0.3, -0.25) is 4.79 Å². The molecule has 0 fully saturated rings. The lowest BCUT2D eigenvalue weighted by Crippen LogP contribution is -2.14. The first-order valence-electron chi connectivity index (χ1n) is 6.59. The van der Waals surface area contributed by atoms with Crippen molar-refractivity contribution in [3.05, 3.63) is 39.3 Å². The molecule has 0 atom stereocenters. The third-order valence-electron chi connectivity index (χ3n) is 2.72. The van der Waals surface area contributed by atoms with E-state index in [1.807, 2.05) is 5.38 Å². The van der Waals surface area contributed by atoms with Gasteiger partial charge in [0.05, 0.1) is 11.4 Å². The number of nitrogens with zero attached hydrogens (tertiary/aromatic N) is 1. The minimum absolute atomic E-state index is 0.0229. The Hall–Kier alpha value is -0.750. The zero-order chi connectivity index (χ0) is 16.3.